The monoisotopic (exact) mass is 272 g/mol. The highest BCUT2D eigenvalue weighted by Gasteiger charge is 2.13. The Labute approximate surface area is 119 Å². The molecule has 2 aromatic rings. The average Bonchev–Trinajstić information content (AvgIpc) is 2.87. The Morgan fingerprint density at radius 1 is 1.20 bits per heavy atom. The molecule has 106 valence electrons. The van der Waals surface area contributed by atoms with Crippen LogP contribution >= 0.6 is 0 Å². The lowest BCUT2D eigenvalue weighted by atomic mass is 10.1. The highest BCUT2D eigenvalue weighted by atomic mass is 16.3. The standard InChI is InChI=1S/C16H20N2O2/c1-10(2)18-16(19)15-8-7-14(20-15)12-5-6-13(17-4)11(3)9-12/h5-10,17H,1-4H3,(H,18,19). The zero-order valence-corrected chi connectivity index (χ0v) is 12.3. The Hall–Kier alpha value is -2.23. The molecule has 4 heteroatoms. The van der Waals surface area contributed by atoms with Gasteiger partial charge in [0.05, 0.1) is 0 Å². The van der Waals surface area contributed by atoms with Crippen LogP contribution in [0.2, 0.25) is 0 Å². The van der Waals surface area contributed by atoms with E-state index < -0.39 is 0 Å². The van der Waals surface area contributed by atoms with Gasteiger partial charge in [0.1, 0.15) is 5.76 Å². The van der Waals surface area contributed by atoms with E-state index in [1.54, 1.807) is 6.07 Å². The molecule has 0 spiro atoms. The summed E-state index contributed by atoms with van der Waals surface area (Å²) in [6.45, 7) is 5.87. The van der Waals surface area contributed by atoms with Gasteiger partial charge in [-0.25, -0.2) is 0 Å². The topological polar surface area (TPSA) is 54.3 Å². The maximum absolute atomic E-state index is 11.9. The number of carbonyl (C=O) groups is 1. The normalized spacial score (nSPS) is 10.7. The van der Waals surface area contributed by atoms with Crippen LogP contribution in [0, 0.1) is 6.92 Å². The Morgan fingerprint density at radius 2 is 1.95 bits per heavy atom. The van der Waals surface area contributed by atoms with Gasteiger partial charge in [0.25, 0.3) is 5.91 Å². The third kappa shape index (κ3) is 3.02. The van der Waals surface area contributed by atoms with E-state index in [0.717, 1.165) is 16.8 Å². The van der Waals surface area contributed by atoms with Crippen LogP contribution in [0.25, 0.3) is 11.3 Å². The minimum absolute atomic E-state index is 0.0909. The smallest absolute Gasteiger partial charge is 0.287 e. The van der Waals surface area contributed by atoms with E-state index in [4.69, 9.17) is 4.42 Å². The number of nitrogens with one attached hydrogen (secondary N) is 2. The molecule has 1 amide bonds. The second kappa shape index (κ2) is 5.82. The first-order chi connectivity index (χ1) is 9.51. The molecule has 2 rings (SSSR count). The van der Waals surface area contributed by atoms with Crippen molar-refractivity contribution in [1.29, 1.82) is 0 Å². The van der Waals surface area contributed by atoms with E-state index >= 15 is 0 Å². The molecule has 0 aliphatic heterocycles. The molecule has 1 aromatic heterocycles. The average molecular weight is 272 g/mol. The van der Waals surface area contributed by atoms with Crippen LogP contribution in [0.4, 0.5) is 5.69 Å². The summed E-state index contributed by atoms with van der Waals surface area (Å²) < 4.78 is 5.63. The molecule has 0 saturated carbocycles. The molecule has 20 heavy (non-hydrogen) atoms. The highest BCUT2D eigenvalue weighted by molar-refractivity contribution is 5.92. The molecule has 2 N–H and O–H groups in total. The molecule has 0 radical (unpaired) electrons. The lowest BCUT2D eigenvalue weighted by Gasteiger charge is -2.07. The lowest BCUT2D eigenvalue weighted by molar-refractivity contribution is 0.0916. The summed E-state index contributed by atoms with van der Waals surface area (Å²) in [7, 11) is 1.89. The molecule has 0 bridgehead atoms. The van der Waals surface area contributed by atoms with Gasteiger partial charge in [0.2, 0.25) is 0 Å². The number of carbonyl (C=O) groups excluding carboxylic acids is 1. The lowest BCUT2D eigenvalue weighted by Crippen LogP contribution is -2.29. The van der Waals surface area contributed by atoms with Crippen molar-refractivity contribution in [2.45, 2.75) is 26.8 Å². The van der Waals surface area contributed by atoms with Crippen molar-refractivity contribution in [3.05, 3.63) is 41.7 Å². The number of hydrogen-bond acceptors (Lipinski definition) is 3. The molecule has 0 atom stereocenters. The van der Waals surface area contributed by atoms with Crippen LogP contribution < -0.4 is 10.6 Å². The SMILES string of the molecule is CNc1ccc(-c2ccc(C(=O)NC(C)C)o2)cc1C. The molecular weight excluding hydrogens is 252 g/mol. The van der Waals surface area contributed by atoms with Crippen molar-refractivity contribution >= 4 is 11.6 Å². The number of aryl methyl sites for hydroxylation is 1. The van der Waals surface area contributed by atoms with Crippen molar-refractivity contribution in [3.63, 3.8) is 0 Å². The van der Waals surface area contributed by atoms with Crippen LogP contribution in [0.1, 0.15) is 30.0 Å². The van der Waals surface area contributed by atoms with Crippen LogP contribution in [0.3, 0.4) is 0 Å². The number of benzene rings is 1. The number of amides is 1. The Balaban J connectivity index is 2.24. The second-order valence-corrected chi connectivity index (χ2v) is 5.07. The number of rotatable bonds is 4. The largest absolute Gasteiger partial charge is 0.451 e. The summed E-state index contributed by atoms with van der Waals surface area (Å²) in [6.07, 6.45) is 0. The summed E-state index contributed by atoms with van der Waals surface area (Å²) in [6, 6.07) is 9.63. The Bertz CT molecular complexity index is 615. The van der Waals surface area contributed by atoms with Gasteiger partial charge in [-0.1, -0.05) is 0 Å². The van der Waals surface area contributed by atoms with E-state index in [1.807, 2.05) is 52.1 Å². The molecule has 4 nitrogen and oxygen atoms in total. The van der Waals surface area contributed by atoms with Crippen molar-refractivity contribution < 1.29 is 9.21 Å². The van der Waals surface area contributed by atoms with Crippen molar-refractivity contribution in [2.75, 3.05) is 12.4 Å². The van der Waals surface area contributed by atoms with E-state index in [0.29, 0.717) is 11.5 Å². The van der Waals surface area contributed by atoms with Gasteiger partial charge in [-0.2, -0.15) is 0 Å². The highest BCUT2D eigenvalue weighted by Crippen LogP contribution is 2.26. The first-order valence-corrected chi connectivity index (χ1v) is 6.70. The maximum atomic E-state index is 11.9. The molecule has 0 aliphatic carbocycles. The fourth-order valence-electron chi connectivity index (χ4n) is 2.05. The number of hydrogen-bond donors (Lipinski definition) is 2. The molecule has 1 aromatic carbocycles. The first-order valence-electron chi connectivity index (χ1n) is 6.70. The van der Waals surface area contributed by atoms with E-state index in [1.165, 1.54) is 0 Å². The first kappa shape index (κ1) is 14.2. The fourth-order valence-corrected chi connectivity index (χ4v) is 2.05. The van der Waals surface area contributed by atoms with Gasteiger partial charge in [0.15, 0.2) is 5.76 Å². The zero-order chi connectivity index (χ0) is 14.7. The summed E-state index contributed by atoms with van der Waals surface area (Å²) >= 11 is 0. The fraction of sp³-hybridized carbons (Fsp3) is 0.312. The summed E-state index contributed by atoms with van der Waals surface area (Å²) in [5.41, 5.74) is 3.18. The molecule has 0 fully saturated rings. The quantitative estimate of drug-likeness (QED) is 0.896. The van der Waals surface area contributed by atoms with Crippen LogP contribution in [-0.4, -0.2) is 19.0 Å². The van der Waals surface area contributed by atoms with Crippen LogP contribution in [0.5, 0.6) is 0 Å². The zero-order valence-electron chi connectivity index (χ0n) is 12.3. The summed E-state index contributed by atoms with van der Waals surface area (Å²) in [4.78, 5) is 11.9. The molecular formula is C16H20N2O2. The predicted molar refractivity (Wildman–Crippen MR) is 81.0 cm³/mol. The number of furan rings is 1. The van der Waals surface area contributed by atoms with Crippen molar-refractivity contribution in [1.82, 2.24) is 5.32 Å². The van der Waals surface area contributed by atoms with E-state index in [2.05, 4.69) is 10.6 Å². The van der Waals surface area contributed by atoms with Gasteiger partial charge < -0.3 is 15.1 Å². The van der Waals surface area contributed by atoms with Crippen LogP contribution in [-0.2, 0) is 0 Å². The number of anilines is 1. The molecule has 0 aliphatic rings. The van der Waals surface area contributed by atoms with Crippen molar-refractivity contribution in [3.8, 4) is 11.3 Å². The minimum Gasteiger partial charge on any atom is -0.451 e. The maximum Gasteiger partial charge on any atom is 0.287 e. The van der Waals surface area contributed by atoms with Gasteiger partial charge in [-0.05, 0) is 56.7 Å². The summed E-state index contributed by atoms with van der Waals surface area (Å²) in [5, 5.41) is 5.93. The summed E-state index contributed by atoms with van der Waals surface area (Å²) in [5.74, 6) is 0.850. The van der Waals surface area contributed by atoms with Gasteiger partial charge >= 0.3 is 0 Å². The Morgan fingerprint density at radius 3 is 2.55 bits per heavy atom. The van der Waals surface area contributed by atoms with Gasteiger partial charge in [0, 0.05) is 24.3 Å². The van der Waals surface area contributed by atoms with Gasteiger partial charge in [-0.15, -0.1) is 0 Å². The predicted octanol–water partition coefficient (Wildman–Crippen LogP) is 3.43. The third-order valence-corrected chi connectivity index (χ3v) is 3.03. The second-order valence-electron chi connectivity index (χ2n) is 5.07. The molecule has 0 unspecified atom stereocenters. The Kier molecular flexibility index (Phi) is 4.13. The van der Waals surface area contributed by atoms with Crippen LogP contribution in [0.15, 0.2) is 34.7 Å². The van der Waals surface area contributed by atoms with Gasteiger partial charge in [-0.3, -0.25) is 4.79 Å². The molecule has 1 heterocycles. The van der Waals surface area contributed by atoms with E-state index in [-0.39, 0.29) is 11.9 Å². The van der Waals surface area contributed by atoms with Crippen molar-refractivity contribution in [2.24, 2.45) is 0 Å². The molecule has 0 saturated heterocycles. The third-order valence-electron chi connectivity index (χ3n) is 3.03. The minimum atomic E-state index is -0.185. The van der Waals surface area contributed by atoms with E-state index in [9.17, 15) is 4.79 Å².